The van der Waals surface area contributed by atoms with Gasteiger partial charge in [0.2, 0.25) is 11.8 Å². The largest absolute Gasteiger partial charge is 0.480 e. The molecule has 0 aliphatic carbocycles. The fourth-order valence-electron chi connectivity index (χ4n) is 1.22. The number of rotatable bonds is 7. The lowest BCUT2D eigenvalue weighted by molar-refractivity contribution is -0.138. The fourth-order valence-corrected chi connectivity index (χ4v) is 1.22. The first-order valence-electron chi connectivity index (χ1n) is 4.84. The lowest BCUT2D eigenvalue weighted by Gasteiger charge is -2.17. The summed E-state index contributed by atoms with van der Waals surface area (Å²) in [6, 6.07) is 0. The van der Waals surface area contributed by atoms with Crippen LogP contribution in [0.4, 0.5) is 0 Å². The van der Waals surface area contributed by atoms with Gasteiger partial charge >= 0.3 is 5.97 Å². The van der Waals surface area contributed by atoms with E-state index >= 15 is 0 Å². The zero-order valence-electron chi connectivity index (χ0n) is 9.34. The van der Waals surface area contributed by atoms with Crippen LogP contribution in [-0.2, 0) is 16.1 Å². The van der Waals surface area contributed by atoms with E-state index in [4.69, 9.17) is 14.3 Å². The van der Waals surface area contributed by atoms with Crippen LogP contribution in [0.1, 0.15) is 11.8 Å². The van der Waals surface area contributed by atoms with Gasteiger partial charge in [0.25, 0.3) is 0 Å². The molecule has 0 aromatic carbocycles. The molecule has 1 aromatic heterocycles. The highest BCUT2D eigenvalue weighted by Crippen LogP contribution is 2.03. The van der Waals surface area contributed by atoms with Gasteiger partial charge in [-0.25, -0.2) is 0 Å². The van der Waals surface area contributed by atoms with Crippen molar-refractivity contribution in [3.8, 4) is 0 Å². The SMILES string of the molecule is COCCN(CC(=O)O)Cc1nnc(C)o1. The molecule has 0 saturated carbocycles. The van der Waals surface area contributed by atoms with E-state index in [-0.39, 0.29) is 6.54 Å². The third-order valence-electron chi connectivity index (χ3n) is 1.90. The summed E-state index contributed by atoms with van der Waals surface area (Å²) in [5.74, 6) is -0.0146. The molecule has 0 unspecified atom stereocenters. The van der Waals surface area contributed by atoms with Crippen molar-refractivity contribution in [3.05, 3.63) is 11.8 Å². The van der Waals surface area contributed by atoms with Crippen LogP contribution in [-0.4, -0.2) is 53.0 Å². The third kappa shape index (κ3) is 4.37. The summed E-state index contributed by atoms with van der Waals surface area (Å²) in [6.45, 7) is 2.89. The summed E-state index contributed by atoms with van der Waals surface area (Å²) in [5, 5.41) is 16.2. The summed E-state index contributed by atoms with van der Waals surface area (Å²) < 4.78 is 10.1. The van der Waals surface area contributed by atoms with Crippen molar-refractivity contribution in [1.29, 1.82) is 0 Å². The van der Waals surface area contributed by atoms with E-state index in [2.05, 4.69) is 10.2 Å². The van der Waals surface area contributed by atoms with Crippen LogP contribution in [0, 0.1) is 6.92 Å². The summed E-state index contributed by atoms with van der Waals surface area (Å²) in [4.78, 5) is 12.3. The number of carboxylic acid groups (broad SMARTS) is 1. The van der Waals surface area contributed by atoms with E-state index in [9.17, 15) is 4.79 Å². The topological polar surface area (TPSA) is 88.7 Å². The Hall–Kier alpha value is -1.47. The number of carboxylic acids is 1. The van der Waals surface area contributed by atoms with Crippen molar-refractivity contribution >= 4 is 5.97 Å². The molecule has 0 radical (unpaired) electrons. The molecule has 1 aromatic rings. The summed E-state index contributed by atoms with van der Waals surface area (Å²) in [6.07, 6.45) is 0. The van der Waals surface area contributed by atoms with Gasteiger partial charge in [0.15, 0.2) is 0 Å². The molecular weight excluding hydrogens is 214 g/mol. The van der Waals surface area contributed by atoms with Gasteiger partial charge in [0, 0.05) is 20.6 Å². The predicted molar refractivity (Wildman–Crippen MR) is 53.8 cm³/mol. The van der Waals surface area contributed by atoms with Gasteiger partial charge in [-0.05, 0) is 0 Å². The smallest absolute Gasteiger partial charge is 0.317 e. The standard InChI is InChI=1S/C9H15N3O4/c1-7-10-11-8(16-7)5-12(3-4-15-2)6-9(13)14/h3-6H2,1-2H3,(H,13,14). The Bertz CT molecular complexity index is 339. The zero-order chi connectivity index (χ0) is 12.0. The van der Waals surface area contributed by atoms with Crippen LogP contribution in [0.25, 0.3) is 0 Å². The highest BCUT2D eigenvalue weighted by Gasteiger charge is 2.13. The summed E-state index contributed by atoms with van der Waals surface area (Å²) >= 11 is 0. The number of aromatic nitrogens is 2. The van der Waals surface area contributed by atoms with Gasteiger partial charge in [-0.15, -0.1) is 10.2 Å². The molecule has 0 aliphatic rings. The Morgan fingerprint density at radius 1 is 1.56 bits per heavy atom. The average molecular weight is 229 g/mol. The van der Waals surface area contributed by atoms with Gasteiger partial charge in [0.05, 0.1) is 19.7 Å². The molecular formula is C9H15N3O4. The molecule has 7 heteroatoms. The molecule has 0 spiro atoms. The Labute approximate surface area is 93.0 Å². The van der Waals surface area contributed by atoms with Crippen LogP contribution in [0.3, 0.4) is 0 Å². The predicted octanol–water partition coefficient (Wildman–Crippen LogP) is -0.0890. The number of aliphatic carboxylic acids is 1. The number of nitrogens with zero attached hydrogens (tertiary/aromatic N) is 3. The highest BCUT2D eigenvalue weighted by atomic mass is 16.5. The summed E-state index contributed by atoms with van der Waals surface area (Å²) in [5.41, 5.74) is 0. The number of hydrogen-bond donors (Lipinski definition) is 1. The Morgan fingerprint density at radius 3 is 2.81 bits per heavy atom. The number of ether oxygens (including phenoxy) is 1. The van der Waals surface area contributed by atoms with Crippen molar-refractivity contribution in [1.82, 2.24) is 15.1 Å². The van der Waals surface area contributed by atoms with Crippen LogP contribution in [0.15, 0.2) is 4.42 Å². The first-order valence-corrected chi connectivity index (χ1v) is 4.84. The first-order chi connectivity index (χ1) is 7.61. The van der Waals surface area contributed by atoms with E-state index in [1.807, 2.05) is 0 Å². The Kier molecular flexibility index (Phi) is 4.87. The maximum absolute atomic E-state index is 10.6. The van der Waals surface area contributed by atoms with Crippen LogP contribution >= 0.6 is 0 Å². The molecule has 0 saturated heterocycles. The molecule has 1 N–H and O–H groups in total. The second kappa shape index (κ2) is 6.19. The second-order valence-corrected chi connectivity index (χ2v) is 3.31. The van der Waals surface area contributed by atoms with Crippen LogP contribution in [0.5, 0.6) is 0 Å². The van der Waals surface area contributed by atoms with E-state index in [1.165, 1.54) is 0 Å². The molecule has 1 rings (SSSR count). The molecule has 0 fully saturated rings. The average Bonchev–Trinajstić information content (AvgIpc) is 2.59. The van der Waals surface area contributed by atoms with Gasteiger partial charge in [-0.3, -0.25) is 9.69 Å². The minimum atomic E-state index is -0.896. The molecule has 0 aliphatic heterocycles. The van der Waals surface area contributed by atoms with E-state index in [0.717, 1.165) is 0 Å². The second-order valence-electron chi connectivity index (χ2n) is 3.31. The lowest BCUT2D eigenvalue weighted by atomic mass is 10.4. The number of carbonyl (C=O) groups is 1. The number of methoxy groups -OCH3 is 1. The molecule has 1 heterocycles. The van der Waals surface area contributed by atoms with Crippen molar-refractivity contribution in [2.45, 2.75) is 13.5 Å². The van der Waals surface area contributed by atoms with E-state index in [0.29, 0.717) is 31.5 Å². The van der Waals surface area contributed by atoms with Gasteiger partial charge in [-0.1, -0.05) is 0 Å². The van der Waals surface area contributed by atoms with Gasteiger partial charge < -0.3 is 14.3 Å². The quantitative estimate of drug-likeness (QED) is 0.698. The number of aryl methyl sites for hydroxylation is 1. The minimum absolute atomic E-state index is 0.0786. The Morgan fingerprint density at radius 2 is 2.31 bits per heavy atom. The van der Waals surface area contributed by atoms with Crippen molar-refractivity contribution < 1.29 is 19.1 Å². The maximum Gasteiger partial charge on any atom is 0.317 e. The monoisotopic (exact) mass is 229 g/mol. The molecule has 16 heavy (non-hydrogen) atoms. The van der Waals surface area contributed by atoms with Crippen molar-refractivity contribution in [3.63, 3.8) is 0 Å². The van der Waals surface area contributed by atoms with Gasteiger partial charge in [0.1, 0.15) is 0 Å². The van der Waals surface area contributed by atoms with Crippen LogP contribution in [0.2, 0.25) is 0 Å². The normalized spacial score (nSPS) is 10.9. The third-order valence-corrected chi connectivity index (χ3v) is 1.90. The highest BCUT2D eigenvalue weighted by molar-refractivity contribution is 5.69. The Balaban J connectivity index is 2.51. The maximum atomic E-state index is 10.6. The minimum Gasteiger partial charge on any atom is -0.480 e. The summed E-state index contributed by atoms with van der Waals surface area (Å²) in [7, 11) is 1.57. The molecule has 7 nitrogen and oxygen atoms in total. The number of hydrogen-bond acceptors (Lipinski definition) is 6. The lowest BCUT2D eigenvalue weighted by Crippen LogP contribution is -2.32. The molecule has 0 atom stereocenters. The molecule has 90 valence electrons. The molecule has 0 bridgehead atoms. The first kappa shape index (κ1) is 12.6. The van der Waals surface area contributed by atoms with Crippen molar-refractivity contribution in [2.75, 3.05) is 26.8 Å². The van der Waals surface area contributed by atoms with Crippen molar-refractivity contribution in [2.24, 2.45) is 0 Å². The fraction of sp³-hybridized carbons (Fsp3) is 0.667. The molecule has 0 amide bonds. The van der Waals surface area contributed by atoms with Crippen LogP contribution < -0.4 is 0 Å². The van der Waals surface area contributed by atoms with E-state index in [1.54, 1.807) is 18.9 Å². The zero-order valence-corrected chi connectivity index (χ0v) is 9.34. The van der Waals surface area contributed by atoms with Gasteiger partial charge in [-0.2, -0.15) is 0 Å². The van der Waals surface area contributed by atoms with E-state index < -0.39 is 5.97 Å².